The van der Waals surface area contributed by atoms with Gasteiger partial charge in [-0.2, -0.15) is 0 Å². The molecule has 2 heteroatoms. The maximum Gasteiger partial charge on any atom is 0.0542 e. The first-order valence-corrected chi connectivity index (χ1v) is 12.5. The van der Waals surface area contributed by atoms with Gasteiger partial charge in [0.1, 0.15) is 0 Å². The highest BCUT2D eigenvalue weighted by Gasteiger charge is 2.18. The van der Waals surface area contributed by atoms with Gasteiger partial charge in [-0.1, -0.05) is 87.5 Å². The third kappa shape index (κ3) is 3.85. The van der Waals surface area contributed by atoms with Crippen LogP contribution >= 0.6 is 0 Å². The summed E-state index contributed by atoms with van der Waals surface area (Å²) in [5.74, 6) is 0. The van der Waals surface area contributed by atoms with Crippen molar-refractivity contribution >= 4 is 38.9 Å². The molecule has 0 aliphatic carbocycles. The van der Waals surface area contributed by atoms with Crippen molar-refractivity contribution in [1.29, 1.82) is 0 Å². The fraction of sp³-hybridized carbons (Fsp3) is 0.118. The van der Waals surface area contributed by atoms with E-state index in [4.69, 9.17) is 0 Å². The molecule has 0 amide bonds. The Balaban J connectivity index is 1.56. The topological polar surface area (TPSA) is 8.17 Å². The van der Waals surface area contributed by atoms with Gasteiger partial charge in [0, 0.05) is 33.5 Å². The standard InChI is InChI=1S/C34H30N2/c1-34(2,3)25-18-20-28(21-19-25)36-32-17-11-10-16-30(32)31-24-29(22-23-33(31)36)35(26-12-6-4-7-13-26)27-14-8-5-9-15-27/h4-24H,1-3H3. The lowest BCUT2D eigenvalue weighted by Crippen LogP contribution is -2.10. The summed E-state index contributed by atoms with van der Waals surface area (Å²) in [5, 5.41) is 2.51. The number of fused-ring (bicyclic) bond motifs is 3. The third-order valence-electron chi connectivity index (χ3n) is 6.93. The van der Waals surface area contributed by atoms with Gasteiger partial charge in [0.15, 0.2) is 0 Å². The lowest BCUT2D eigenvalue weighted by Gasteiger charge is -2.25. The van der Waals surface area contributed by atoms with Crippen molar-refractivity contribution in [2.75, 3.05) is 4.90 Å². The van der Waals surface area contributed by atoms with Crippen LogP contribution in [0.2, 0.25) is 0 Å². The normalized spacial score (nSPS) is 11.8. The van der Waals surface area contributed by atoms with E-state index in [1.807, 2.05) is 0 Å². The van der Waals surface area contributed by atoms with Gasteiger partial charge in [-0.15, -0.1) is 0 Å². The van der Waals surface area contributed by atoms with Crippen molar-refractivity contribution in [3.05, 3.63) is 133 Å². The number of hydrogen-bond acceptors (Lipinski definition) is 1. The van der Waals surface area contributed by atoms with Crippen LogP contribution in [0.1, 0.15) is 26.3 Å². The Morgan fingerprint density at radius 3 is 1.67 bits per heavy atom. The molecule has 0 unspecified atom stereocenters. The molecule has 5 aromatic carbocycles. The molecular weight excluding hydrogens is 436 g/mol. The average Bonchev–Trinajstić information content (AvgIpc) is 3.24. The molecule has 36 heavy (non-hydrogen) atoms. The first-order valence-electron chi connectivity index (χ1n) is 12.5. The number of anilines is 3. The number of hydrogen-bond donors (Lipinski definition) is 0. The second-order valence-electron chi connectivity index (χ2n) is 10.4. The average molecular weight is 467 g/mol. The molecule has 176 valence electrons. The minimum absolute atomic E-state index is 0.132. The van der Waals surface area contributed by atoms with E-state index in [9.17, 15) is 0 Å². The van der Waals surface area contributed by atoms with Crippen LogP contribution in [-0.2, 0) is 5.41 Å². The summed E-state index contributed by atoms with van der Waals surface area (Å²) in [7, 11) is 0. The summed E-state index contributed by atoms with van der Waals surface area (Å²) < 4.78 is 2.39. The summed E-state index contributed by atoms with van der Waals surface area (Å²) in [6.07, 6.45) is 0. The Bertz CT molecular complexity index is 1600. The molecule has 0 aliphatic heterocycles. The zero-order valence-electron chi connectivity index (χ0n) is 21.0. The Labute approximate surface area is 213 Å². The quantitative estimate of drug-likeness (QED) is 0.251. The molecular formula is C34H30N2. The maximum absolute atomic E-state index is 2.39. The molecule has 0 bridgehead atoms. The van der Waals surface area contributed by atoms with E-state index < -0.39 is 0 Å². The number of benzene rings is 5. The first-order chi connectivity index (χ1) is 17.5. The van der Waals surface area contributed by atoms with E-state index in [0.29, 0.717) is 0 Å². The van der Waals surface area contributed by atoms with Crippen LogP contribution in [0.3, 0.4) is 0 Å². The maximum atomic E-state index is 2.39. The lowest BCUT2D eigenvalue weighted by molar-refractivity contribution is 0.590. The minimum Gasteiger partial charge on any atom is -0.310 e. The minimum atomic E-state index is 0.132. The molecule has 6 rings (SSSR count). The van der Waals surface area contributed by atoms with Crippen LogP contribution < -0.4 is 4.90 Å². The van der Waals surface area contributed by atoms with Gasteiger partial charge in [-0.3, -0.25) is 0 Å². The molecule has 0 fully saturated rings. The Kier molecular flexibility index (Phi) is 5.38. The Morgan fingerprint density at radius 2 is 1.06 bits per heavy atom. The van der Waals surface area contributed by atoms with E-state index >= 15 is 0 Å². The van der Waals surface area contributed by atoms with Gasteiger partial charge < -0.3 is 9.47 Å². The van der Waals surface area contributed by atoms with Crippen LogP contribution in [0.4, 0.5) is 17.1 Å². The Morgan fingerprint density at radius 1 is 0.500 bits per heavy atom. The van der Waals surface area contributed by atoms with Crippen LogP contribution in [0.15, 0.2) is 127 Å². The van der Waals surface area contributed by atoms with Crippen molar-refractivity contribution in [3.63, 3.8) is 0 Å². The van der Waals surface area contributed by atoms with Crippen molar-refractivity contribution in [2.24, 2.45) is 0 Å². The van der Waals surface area contributed by atoms with Gasteiger partial charge in [-0.05, 0) is 71.6 Å². The van der Waals surface area contributed by atoms with E-state index in [2.05, 4.69) is 158 Å². The van der Waals surface area contributed by atoms with Crippen molar-refractivity contribution in [3.8, 4) is 5.69 Å². The predicted molar refractivity (Wildman–Crippen MR) is 154 cm³/mol. The molecule has 0 N–H and O–H groups in total. The van der Waals surface area contributed by atoms with Gasteiger partial charge in [0.25, 0.3) is 0 Å². The summed E-state index contributed by atoms with van der Waals surface area (Å²) in [4.78, 5) is 2.32. The molecule has 0 atom stereocenters. The van der Waals surface area contributed by atoms with Crippen LogP contribution in [0, 0.1) is 0 Å². The summed E-state index contributed by atoms with van der Waals surface area (Å²) in [5.41, 5.74) is 8.52. The first kappa shape index (κ1) is 22.2. The van der Waals surface area contributed by atoms with E-state index in [0.717, 1.165) is 17.1 Å². The fourth-order valence-electron chi connectivity index (χ4n) is 5.09. The van der Waals surface area contributed by atoms with Gasteiger partial charge in [0.2, 0.25) is 0 Å². The summed E-state index contributed by atoms with van der Waals surface area (Å²) >= 11 is 0. The summed E-state index contributed by atoms with van der Waals surface area (Å²) in [6.45, 7) is 6.78. The summed E-state index contributed by atoms with van der Waals surface area (Å²) in [6, 6.07) is 45.7. The van der Waals surface area contributed by atoms with Crippen LogP contribution in [-0.4, -0.2) is 4.57 Å². The molecule has 0 saturated carbocycles. The van der Waals surface area contributed by atoms with Crippen LogP contribution in [0.25, 0.3) is 27.5 Å². The molecule has 0 aliphatic rings. The largest absolute Gasteiger partial charge is 0.310 e. The van der Waals surface area contributed by atoms with Crippen molar-refractivity contribution < 1.29 is 0 Å². The van der Waals surface area contributed by atoms with Crippen LogP contribution in [0.5, 0.6) is 0 Å². The number of para-hydroxylation sites is 3. The van der Waals surface area contributed by atoms with Gasteiger partial charge in [0.05, 0.1) is 11.0 Å². The lowest BCUT2D eigenvalue weighted by atomic mass is 9.87. The number of nitrogens with zero attached hydrogens (tertiary/aromatic N) is 2. The predicted octanol–water partition coefficient (Wildman–Crippen LogP) is 9.55. The molecule has 0 radical (unpaired) electrons. The molecule has 6 aromatic rings. The number of aromatic nitrogens is 1. The zero-order chi connectivity index (χ0) is 24.7. The zero-order valence-corrected chi connectivity index (χ0v) is 21.0. The second-order valence-corrected chi connectivity index (χ2v) is 10.4. The highest BCUT2D eigenvalue weighted by molar-refractivity contribution is 6.10. The van der Waals surface area contributed by atoms with E-state index in [1.54, 1.807) is 0 Å². The second kappa shape index (κ2) is 8.73. The highest BCUT2D eigenvalue weighted by Crippen LogP contribution is 2.39. The number of rotatable bonds is 4. The molecule has 0 spiro atoms. The van der Waals surface area contributed by atoms with Gasteiger partial charge in [-0.25, -0.2) is 0 Å². The molecule has 1 heterocycles. The fourth-order valence-corrected chi connectivity index (χ4v) is 5.09. The Hall–Kier alpha value is -4.30. The van der Waals surface area contributed by atoms with E-state index in [1.165, 1.54) is 33.1 Å². The molecule has 2 nitrogen and oxygen atoms in total. The van der Waals surface area contributed by atoms with Crippen molar-refractivity contribution in [2.45, 2.75) is 26.2 Å². The van der Waals surface area contributed by atoms with Crippen molar-refractivity contribution in [1.82, 2.24) is 4.57 Å². The van der Waals surface area contributed by atoms with E-state index in [-0.39, 0.29) is 5.41 Å². The third-order valence-corrected chi connectivity index (χ3v) is 6.93. The molecule has 0 saturated heterocycles. The van der Waals surface area contributed by atoms with Gasteiger partial charge >= 0.3 is 0 Å². The molecule has 1 aromatic heterocycles. The highest BCUT2D eigenvalue weighted by atomic mass is 15.1. The monoisotopic (exact) mass is 466 g/mol. The SMILES string of the molecule is CC(C)(C)c1ccc(-n2c3ccccc3c3cc(N(c4ccccc4)c4ccccc4)ccc32)cc1. The smallest absolute Gasteiger partial charge is 0.0542 e.